The summed E-state index contributed by atoms with van der Waals surface area (Å²) in [5.41, 5.74) is -0.126. The number of hydrogen-bond acceptors (Lipinski definition) is 3. The number of hydrogen-bond donors (Lipinski definition) is 1. The Morgan fingerprint density at radius 1 is 1.50 bits per heavy atom. The highest BCUT2D eigenvalue weighted by molar-refractivity contribution is 6.31. The van der Waals surface area contributed by atoms with E-state index < -0.39 is 18.2 Å². The van der Waals surface area contributed by atoms with Crippen LogP contribution in [0.15, 0.2) is 6.07 Å². The lowest BCUT2D eigenvalue weighted by Gasteiger charge is -2.13. The minimum absolute atomic E-state index is 0.0480. The van der Waals surface area contributed by atoms with Gasteiger partial charge in [0.05, 0.1) is 25.7 Å². The van der Waals surface area contributed by atoms with Gasteiger partial charge in [-0.05, 0) is 0 Å². The van der Waals surface area contributed by atoms with Crippen LogP contribution in [0.2, 0.25) is 5.02 Å². The molecule has 1 aromatic carbocycles. The number of carboxylic acids is 1. The Bertz CT molecular complexity index is 420. The highest BCUT2D eigenvalue weighted by Gasteiger charge is 2.20. The van der Waals surface area contributed by atoms with Crippen LogP contribution in [0.3, 0.4) is 0 Å². The molecule has 1 N–H and O–H groups in total. The molecule has 0 radical (unpaired) electrons. The van der Waals surface area contributed by atoms with Gasteiger partial charge in [-0.2, -0.15) is 0 Å². The van der Waals surface area contributed by atoms with Crippen molar-refractivity contribution in [2.75, 3.05) is 14.2 Å². The normalized spacial score (nSPS) is 10.0. The molecular formula is C10H10ClFO4. The summed E-state index contributed by atoms with van der Waals surface area (Å²) >= 11 is 5.61. The van der Waals surface area contributed by atoms with Gasteiger partial charge in [0.2, 0.25) is 0 Å². The van der Waals surface area contributed by atoms with Gasteiger partial charge in [-0.15, -0.1) is 0 Å². The number of rotatable bonds is 4. The second kappa shape index (κ2) is 5.03. The van der Waals surface area contributed by atoms with Crippen molar-refractivity contribution >= 4 is 17.6 Å². The molecule has 0 aliphatic carbocycles. The largest absolute Gasteiger partial charge is 0.493 e. The Labute approximate surface area is 96.5 Å². The minimum Gasteiger partial charge on any atom is -0.493 e. The van der Waals surface area contributed by atoms with Gasteiger partial charge >= 0.3 is 5.97 Å². The molecule has 0 unspecified atom stereocenters. The third-order valence-corrected chi connectivity index (χ3v) is 2.26. The predicted octanol–water partition coefficient (Wildman–Crippen LogP) is 2.12. The lowest BCUT2D eigenvalue weighted by molar-refractivity contribution is -0.136. The molecule has 0 aliphatic heterocycles. The van der Waals surface area contributed by atoms with Crippen molar-refractivity contribution in [1.29, 1.82) is 0 Å². The molecule has 0 amide bonds. The summed E-state index contributed by atoms with van der Waals surface area (Å²) in [6.45, 7) is 0. The van der Waals surface area contributed by atoms with Crippen LogP contribution in [0, 0.1) is 5.82 Å². The van der Waals surface area contributed by atoms with Crippen LogP contribution in [0.4, 0.5) is 4.39 Å². The van der Waals surface area contributed by atoms with Crippen LogP contribution < -0.4 is 9.47 Å². The Hall–Kier alpha value is -1.49. The number of methoxy groups -OCH3 is 2. The summed E-state index contributed by atoms with van der Waals surface area (Å²) in [5, 5.41) is 8.46. The second-order valence-electron chi connectivity index (χ2n) is 2.96. The summed E-state index contributed by atoms with van der Waals surface area (Å²) in [6.07, 6.45) is -0.522. The number of halogens is 2. The van der Waals surface area contributed by atoms with Crippen LogP contribution in [-0.4, -0.2) is 25.3 Å². The van der Waals surface area contributed by atoms with E-state index in [0.717, 1.165) is 0 Å². The lowest BCUT2D eigenvalue weighted by Crippen LogP contribution is -2.06. The molecule has 0 aliphatic rings. The van der Waals surface area contributed by atoms with E-state index in [9.17, 15) is 9.18 Å². The van der Waals surface area contributed by atoms with Crippen molar-refractivity contribution in [3.63, 3.8) is 0 Å². The fourth-order valence-corrected chi connectivity index (χ4v) is 1.53. The fourth-order valence-electron chi connectivity index (χ4n) is 1.32. The van der Waals surface area contributed by atoms with Crippen molar-refractivity contribution < 1.29 is 23.8 Å². The van der Waals surface area contributed by atoms with Crippen molar-refractivity contribution in [1.82, 2.24) is 0 Å². The smallest absolute Gasteiger partial charge is 0.308 e. The molecule has 0 saturated carbocycles. The maximum absolute atomic E-state index is 13.6. The minimum atomic E-state index is -1.18. The van der Waals surface area contributed by atoms with Gasteiger partial charge in [0, 0.05) is 11.6 Å². The fraction of sp³-hybridized carbons (Fsp3) is 0.300. The van der Waals surface area contributed by atoms with E-state index >= 15 is 0 Å². The topological polar surface area (TPSA) is 55.8 Å². The summed E-state index contributed by atoms with van der Waals surface area (Å²) in [5.74, 6) is -1.74. The zero-order chi connectivity index (χ0) is 12.3. The average Bonchev–Trinajstić information content (AvgIpc) is 2.23. The quantitative estimate of drug-likeness (QED) is 0.887. The third kappa shape index (κ3) is 2.36. The standard InChI is InChI=1S/C10H10ClFO4/c1-15-7-4-6(11)9(12)5(3-8(13)14)10(7)16-2/h4H,3H2,1-2H3,(H,13,14). The maximum atomic E-state index is 13.6. The van der Waals surface area contributed by atoms with E-state index in [0.29, 0.717) is 0 Å². The lowest BCUT2D eigenvalue weighted by atomic mass is 10.1. The highest BCUT2D eigenvalue weighted by atomic mass is 35.5. The van der Waals surface area contributed by atoms with Gasteiger partial charge in [-0.25, -0.2) is 4.39 Å². The van der Waals surface area contributed by atoms with E-state index in [1.807, 2.05) is 0 Å². The molecular weight excluding hydrogens is 239 g/mol. The van der Waals surface area contributed by atoms with Gasteiger partial charge in [-0.1, -0.05) is 11.6 Å². The summed E-state index contributed by atoms with van der Waals surface area (Å²) in [7, 11) is 2.66. The van der Waals surface area contributed by atoms with E-state index in [1.54, 1.807) is 0 Å². The van der Waals surface area contributed by atoms with Crippen LogP contribution in [0.25, 0.3) is 0 Å². The van der Waals surface area contributed by atoms with Crippen molar-refractivity contribution in [3.05, 3.63) is 22.5 Å². The summed E-state index contributed by atoms with van der Waals surface area (Å²) in [6, 6.07) is 1.24. The molecule has 1 aromatic rings. The Balaban J connectivity index is 3.40. The molecule has 6 heteroatoms. The van der Waals surface area contributed by atoms with Crippen LogP contribution in [-0.2, 0) is 11.2 Å². The molecule has 0 atom stereocenters. The zero-order valence-electron chi connectivity index (χ0n) is 8.71. The monoisotopic (exact) mass is 248 g/mol. The second-order valence-corrected chi connectivity index (χ2v) is 3.36. The van der Waals surface area contributed by atoms with Gasteiger partial charge in [0.1, 0.15) is 5.82 Å². The number of aliphatic carboxylic acids is 1. The van der Waals surface area contributed by atoms with E-state index in [4.69, 9.17) is 26.2 Å². The predicted molar refractivity (Wildman–Crippen MR) is 55.9 cm³/mol. The molecule has 1 rings (SSSR count). The molecule has 88 valence electrons. The number of carbonyl (C=O) groups is 1. The van der Waals surface area contributed by atoms with Gasteiger partial charge < -0.3 is 14.6 Å². The number of carboxylic acid groups (broad SMARTS) is 1. The van der Waals surface area contributed by atoms with Gasteiger partial charge in [0.25, 0.3) is 0 Å². The Kier molecular flexibility index (Phi) is 3.95. The SMILES string of the molecule is COc1cc(Cl)c(F)c(CC(=O)O)c1OC. The molecule has 4 nitrogen and oxygen atoms in total. The molecule has 16 heavy (non-hydrogen) atoms. The van der Waals surface area contributed by atoms with Crippen molar-refractivity contribution in [2.24, 2.45) is 0 Å². The van der Waals surface area contributed by atoms with Crippen LogP contribution >= 0.6 is 11.6 Å². The van der Waals surface area contributed by atoms with Gasteiger partial charge in [-0.3, -0.25) is 4.79 Å². The Morgan fingerprint density at radius 3 is 2.56 bits per heavy atom. The number of ether oxygens (including phenoxy) is 2. The van der Waals surface area contributed by atoms with E-state index in [2.05, 4.69) is 0 Å². The van der Waals surface area contributed by atoms with Crippen LogP contribution in [0.1, 0.15) is 5.56 Å². The summed E-state index contributed by atoms with van der Waals surface area (Å²) < 4.78 is 23.4. The molecule has 0 spiro atoms. The van der Waals surface area contributed by atoms with E-state index in [1.165, 1.54) is 20.3 Å². The first-order valence-electron chi connectivity index (χ1n) is 4.31. The first kappa shape index (κ1) is 12.6. The molecule has 0 heterocycles. The molecule has 0 bridgehead atoms. The molecule has 0 aromatic heterocycles. The third-order valence-electron chi connectivity index (χ3n) is 1.98. The van der Waals surface area contributed by atoms with Gasteiger partial charge in [0.15, 0.2) is 11.5 Å². The first-order chi connectivity index (χ1) is 7.51. The average molecular weight is 249 g/mol. The number of benzene rings is 1. The Morgan fingerprint density at radius 2 is 2.12 bits per heavy atom. The van der Waals surface area contributed by atoms with Crippen molar-refractivity contribution in [2.45, 2.75) is 6.42 Å². The molecule has 0 saturated heterocycles. The summed E-state index contributed by atoms with van der Waals surface area (Å²) in [4.78, 5) is 10.6. The van der Waals surface area contributed by atoms with Crippen LogP contribution in [0.5, 0.6) is 11.5 Å². The molecule has 0 fully saturated rings. The maximum Gasteiger partial charge on any atom is 0.308 e. The first-order valence-corrected chi connectivity index (χ1v) is 4.69. The van der Waals surface area contributed by atoms with Crippen molar-refractivity contribution in [3.8, 4) is 11.5 Å². The van der Waals surface area contributed by atoms with E-state index in [-0.39, 0.29) is 22.1 Å². The highest BCUT2D eigenvalue weighted by Crippen LogP contribution is 2.37. The zero-order valence-corrected chi connectivity index (χ0v) is 9.47.